The number of hydrogen-bond acceptors (Lipinski definition) is 3. The maximum atomic E-state index is 12.0. The highest BCUT2D eigenvalue weighted by molar-refractivity contribution is 5.96. The molecule has 1 fully saturated rings. The molecule has 0 spiro atoms. The van der Waals surface area contributed by atoms with Crippen molar-refractivity contribution < 1.29 is 14.3 Å². The molecule has 4 heteroatoms. The summed E-state index contributed by atoms with van der Waals surface area (Å²) in [5.41, 5.74) is 0.598. The Bertz CT molecular complexity index is 411. The van der Waals surface area contributed by atoms with Gasteiger partial charge in [0.1, 0.15) is 12.4 Å². The Morgan fingerprint density at radius 1 is 1.44 bits per heavy atom. The molecule has 1 amide bonds. The van der Waals surface area contributed by atoms with Gasteiger partial charge in [-0.3, -0.25) is 4.79 Å². The van der Waals surface area contributed by atoms with Crippen LogP contribution in [0.1, 0.15) is 23.2 Å². The second-order valence-corrected chi connectivity index (χ2v) is 4.64. The van der Waals surface area contributed by atoms with Gasteiger partial charge >= 0.3 is 0 Å². The molecule has 0 N–H and O–H groups in total. The van der Waals surface area contributed by atoms with Gasteiger partial charge in [0.2, 0.25) is 0 Å². The number of ether oxygens (including phenoxy) is 2. The van der Waals surface area contributed by atoms with Crippen molar-refractivity contribution in [3.05, 3.63) is 29.8 Å². The summed E-state index contributed by atoms with van der Waals surface area (Å²) in [6.07, 6.45) is 2.28. The van der Waals surface area contributed by atoms with Crippen molar-refractivity contribution in [3.63, 3.8) is 0 Å². The first-order valence-corrected chi connectivity index (χ1v) is 6.23. The van der Waals surface area contributed by atoms with Crippen LogP contribution in [-0.2, 0) is 4.74 Å². The van der Waals surface area contributed by atoms with Crippen LogP contribution in [0.3, 0.4) is 0 Å². The molecule has 1 aromatic rings. The van der Waals surface area contributed by atoms with Gasteiger partial charge in [0.05, 0.1) is 11.7 Å². The van der Waals surface area contributed by atoms with E-state index in [0.29, 0.717) is 17.9 Å². The van der Waals surface area contributed by atoms with Crippen LogP contribution < -0.4 is 4.74 Å². The number of hydrogen-bond donors (Lipinski definition) is 0. The molecule has 1 aliphatic heterocycles. The van der Waals surface area contributed by atoms with Crippen molar-refractivity contribution >= 4 is 5.91 Å². The van der Waals surface area contributed by atoms with E-state index in [-0.39, 0.29) is 12.0 Å². The van der Waals surface area contributed by atoms with Gasteiger partial charge < -0.3 is 14.4 Å². The minimum absolute atomic E-state index is 0.0436. The molecule has 4 nitrogen and oxygen atoms in total. The van der Waals surface area contributed by atoms with Gasteiger partial charge in [0.25, 0.3) is 5.91 Å². The molecule has 1 unspecified atom stereocenters. The Hall–Kier alpha value is -1.55. The number of carbonyl (C=O) groups excluding carboxylic acids is 1. The fourth-order valence-corrected chi connectivity index (χ4v) is 1.97. The largest absolute Gasteiger partial charge is 0.490 e. The maximum absolute atomic E-state index is 12.0. The molecule has 98 valence electrons. The van der Waals surface area contributed by atoms with Gasteiger partial charge in [-0.1, -0.05) is 12.1 Å². The van der Waals surface area contributed by atoms with E-state index >= 15 is 0 Å². The first-order valence-electron chi connectivity index (χ1n) is 6.23. The quantitative estimate of drug-likeness (QED) is 0.818. The summed E-state index contributed by atoms with van der Waals surface area (Å²) in [5, 5.41) is 0. The third-order valence-corrected chi connectivity index (χ3v) is 2.97. The van der Waals surface area contributed by atoms with E-state index in [9.17, 15) is 4.79 Å². The number of carbonyl (C=O) groups is 1. The minimum atomic E-state index is -0.0436. The van der Waals surface area contributed by atoms with E-state index in [2.05, 4.69) is 0 Å². The van der Waals surface area contributed by atoms with Crippen LogP contribution in [0.2, 0.25) is 0 Å². The molecule has 1 heterocycles. The normalized spacial score (nSPS) is 18.7. The Labute approximate surface area is 107 Å². The van der Waals surface area contributed by atoms with Gasteiger partial charge in [0, 0.05) is 20.7 Å². The lowest BCUT2D eigenvalue weighted by Gasteiger charge is -2.16. The second kappa shape index (κ2) is 5.87. The Morgan fingerprint density at radius 2 is 2.22 bits per heavy atom. The van der Waals surface area contributed by atoms with E-state index in [0.717, 1.165) is 19.4 Å². The van der Waals surface area contributed by atoms with E-state index in [1.165, 1.54) is 0 Å². The average molecular weight is 249 g/mol. The smallest absolute Gasteiger partial charge is 0.257 e. The van der Waals surface area contributed by atoms with Crippen LogP contribution in [0.5, 0.6) is 5.75 Å². The van der Waals surface area contributed by atoms with E-state index in [1.54, 1.807) is 25.1 Å². The van der Waals surface area contributed by atoms with Gasteiger partial charge in [-0.15, -0.1) is 0 Å². The highest BCUT2D eigenvalue weighted by Crippen LogP contribution is 2.21. The van der Waals surface area contributed by atoms with Crippen molar-refractivity contribution in [3.8, 4) is 5.75 Å². The topological polar surface area (TPSA) is 38.8 Å². The molecule has 1 aromatic carbocycles. The summed E-state index contributed by atoms with van der Waals surface area (Å²) in [6, 6.07) is 7.33. The molecule has 0 bridgehead atoms. The van der Waals surface area contributed by atoms with E-state index in [4.69, 9.17) is 9.47 Å². The van der Waals surface area contributed by atoms with Crippen molar-refractivity contribution in [1.29, 1.82) is 0 Å². The molecule has 18 heavy (non-hydrogen) atoms. The molecule has 1 aliphatic rings. The summed E-state index contributed by atoms with van der Waals surface area (Å²) in [5.74, 6) is 0.588. The summed E-state index contributed by atoms with van der Waals surface area (Å²) in [6.45, 7) is 1.32. The highest BCUT2D eigenvalue weighted by Gasteiger charge is 2.18. The fourth-order valence-electron chi connectivity index (χ4n) is 1.97. The summed E-state index contributed by atoms with van der Waals surface area (Å²) >= 11 is 0. The summed E-state index contributed by atoms with van der Waals surface area (Å²) < 4.78 is 11.2. The average Bonchev–Trinajstić information content (AvgIpc) is 2.89. The SMILES string of the molecule is CN(C)C(=O)c1ccccc1OCC1CCCO1. The van der Waals surface area contributed by atoms with Gasteiger partial charge in [-0.25, -0.2) is 0 Å². The Kier molecular flexibility index (Phi) is 4.20. The van der Waals surface area contributed by atoms with Gasteiger partial charge in [-0.05, 0) is 25.0 Å². The van der Waals surface area contributed by atoms with Crippen molar-refractivity contribution in [2.45, 2.75) is 18.9 Å². The van der Waals surface area contributed by atoms with Crippen LogP contribution in [0.15, 0.2) is 24.3 Å². The number of benzene rings is 1. The Morgan fingerprint density at radius 3 is 2.89 bits per heavy atom. The lowest BCUT2D eigenvalue weighted by atomic mass is 10.2. The Balaban J connectivity index is 2.04. The van der Waals surface area contributed by atoms with Crippen molar-refractivity contribution in [2.24, 2.45) is 0 Å². The van der Waals surface area contributed by atoms with Crippen LogP contribution in [0, 0.1) is 0 Å². The molecule has 1 saturated heterocycles. The van der Waals surface area contributed by atoms with Crippen LogP contribution in [0.4, 0.5) is 0 Å². The van der Waals surface area contributed by atoms with E-state index < -0.39 is 0 Å². The molecular formula is C14H19NO3. The molecule has 0 radical (unpaired) electrons. The predicted molar refractivity (Wildman–Crippen MR) is 68.9 cm³/mol. The third kappa shape index (κ3) is 3.01. The van der Waals surface area contributed by atoms with Crippen molar-refractivity contribution in [2.75, 3.05) is 27.3 Å². The number of rotatable bonds is 4. The number of para-hydroxylation sites is 1. The fraction of sp³-hybridized carbons (Fsp3) is 0.500. The van der Waals surface area contributed by atoms with Crippen molar-refractivity contribution in [1.82, 2.24) is 4.90 Å². The standard InChI is InChI=1S/C14H19NO3/c1-15(2)14(16)12-7-3-4-8-13(12)18-10-11-6-5-9-17-11/h3-4,7-8,11H,5-6,9-10H2,1-2H3. The lowest BCUT2D eigenvalue weighted by Crippen LogP contribution is -2.23. The first kappa shape index (κ1) is 12.9. The van der Waals surface area contributed by atoms with Crippen LogP contribution in [0.25, 0.3) is 0 Å². The molecule has 2 rings (SSSR count). The lowest BCUT2D eigenvalue weighted by molar-refractivity contribution is 0.0662. The minimum Gasteiger partial charge on any atom is -0.490 e. The molecular weight excluding hydrogens is 230 g/mol. The third-order valence-electron chi connectivity index (χ3n) is 2.97. The monoisotopic (exact) mass is 249 g/mol. The summed E-state index contributed by atoms with van der Waals surface area (Å²) in [4.78, 5) is 13.5. The molecule has 0 aromatic heterocycles. The summed E-state index contributed by atoms with van der Waals surface area (Å²) in [7, 11) is 3.47. The highest BCUT2D eigenvalue weighted by atomic mass is 16.5. The number of nitrogens with zero attached hydrogens (tertiary/aromatic N) is 1. The zero-order valence-electron chi connectivity index (χ0n) is 10.9. The zero-order valence-corrected chi connectivity index (χ0v) is 10.9. The predicted octanol–water partition coefficient (Wildman–Crippen LogP) is 1.95. The van der Waals surface area contributed by atoms with Crippen LogP contribution in [-0.4, -0.2) is 44.2 Å². The van der Waals surface area contributed by atoms with Gasteiger partial charge in [-0.2, -0.15) is 0 Å². The zero-order chi connectivity index (χ0) is 13.0. The first-order chi connectivity index (χ1) is 8.68. The molecule has 0 aliphatic carbocycles. The van der Waals surface area contributed by atoms with Gasteiger partial charge in [0.15, 0.2) is 0 Å². The van der Waals surface area contributed by atoms with E-state index in [1.807, 2.05) is 18.2 Å². The van der Waals surface area contributed by atoms with Crippen LogP contribution >= 0.6 is 0 Å². The number of amides is 1. The molecule has 0 saturated carbocycles. The molecule has 1 atom stereocenters. The second-order valence-electron chi connectivity index (χ2n) is 4.64. The maximum Gasteiger partial charge on any atom is 0.257 e.